The van der Waals surface area contributed by atoms with Crippen LogP contribution in [0.15, 0.2) is 41.1 Å². The van der Waals surface area contributed by atoms with Gasteiger partial charge in [0, 0.05) is 18.7 Å². The molecule has 4 rings (SSSR count). The molecule has 3 aromatic heterocycles. The van der Waals surface area contributed by atoms with Gasteiger partial charge in [-0.1, -0.05) is 17.7 Å². The zero-order valence-corrected chi connectivity index (χ0v) is 14.7. The molecule has 0 fully saturated rings. The fourth-order valence-electron chi connectivity index (χ4n) is 2.64. The minimum absolute atomic E-state index is 0.0980. The molecule has 0 saturated heterocycles. The molecule has 10 heteroatoms. The van der Waals surface area contributed by atoms with E-state index in [1.54, 1.807) is 30.1 Å². The molecule has 3 heterocycles. The molecule has 0 spiro atoms. The van der Waals surface area contributed by atoms with Crippen LogP contribution in [0.3, 0.4) is 0 Å². The van der Waals surface area contributed by atoms with Crippen LogP contribution in [0.2, 0.25) is 5.02 Å². The van der Waals surface area contributed by atoms with Crippen molar-refractivity contribution in [3.63, 3.8) is 0 Å². The van der Waals surface area contributed by atoms with Crippen molar-refractivity contribution in [3.05, 3.63) is 53.5 Å². The molecule has 7 nitrogen and oxygen atoms in total. The van der Waals surface area contributed by atoms with Crippen LogP contribution in [0.4, 0.5) is 8.78 Å². The first-order valence-electron chi connectivity index (χ1n) is 7.85. The second-order valence-electron chi connectivity index (χ2n) is 5.67. The second-order valence-corrected chi connectivity index (χ2v) is 6.08. The number of aryl methyl sites for hydroxylation is 1. The largest absolute Gasteiger partial charge is 0.433 e. The molecule has 0 aliphatic heterocycles. The second kappa shape index (κ2) is 6.92. The van der Waals surface area contributed by atoms with Crippen LogP contribution < -0.4 is 4.74 Å². The standard InChI is InChI=1S/C17H12ClF2N5O2/c1-9-23-24-16(26-9)8-25-14-4-11(6-21-13(14)7-22-25)10-2-3-12(18)15(5-10)27-17(19)20/h2-7,17H,8H2,1H3. The van der Waals surface area contributed by atoms with E-state index in [1.807, 2.05) is 6.07 Å². The number of hydrogen-bond acceptors (Lipinski definition) is 6. The molecule has 0 saturated carbocycles. The monoisotopic (exact) mass is 391 g/mol. The maximum absolute atomic E-state index is 12.5. The van der Waals surface area contributed by atoms with Crippen LogP contribution >= 0.6 is 11.6 Å². The molecule has 0 N–H and O–H groups in total. The van der Waals surface area contributed by atoms with Crippen LogP contribution in [-0.2, 0) is 6.54 Å². The maximum atomic E-state index is 12.5. The van der Waals surface area contributed by atoms with Crippen molar-refractivity contribution >= 4 is 22.6 Å². The molecule has 0 aliphatic carbocycles. The summed E-state index contributed by atoms with van der Waals surface area (Å²) in [4.78, 5) is 4.37. The third-order valence-corrected chi connectivity index (χ3v) is 4.14. The van der Waals surface area contributed by atoms with Gasteiger partial charge in [0.25, 0.3) is 0 Å². The maximum Gasteiger partial charge on any atom is 0.387 e. The minimum Gasteiger partial charge on any atom is -0.433 e. The van der Waals surface area contributed by atoms with Gasteiger partial charge in [0.15, 0.2) is 0 Å². The highest BCUT2D eigenvalue weighted by Crippen LogP contribution is 2.32. The van der Waals surface area contributed by atoms with Crippen LogP contribution in [-0.4, -0.2) is 31.6 Å². The van der Waals surface area contributed by atoms with Crippen molar-refractivity contribution in [3.8, 4) is 16.9 Å². The Morgan fingerprint density at radius 3 is 2.78 bits per heavy atom. The van der Waals surface area contributed by atoms with Gasteiger partial charge < -0.3 is 9.15 Å². The molecule has 4 aromatic rings. The van der Waals surface area contributed by atoms with Gasteiger partial charge in [0.05, 0.1) is 16.7 Å². The Balaban J connectivity index is 1.72. The van der Waals surface area contributed by atoms with E-state index in [9.17, 15) is 8.78 Å². The smallest absolute Gasteiger partial charge is 0.387 e. The fraction of sp³-hybridized carbons (Fsp3) is 0.176. The first kappa shape index (κ1) is 17.3. The summed E-state index contributed by atoms with van der Waals surface area (Å²) in [6.07, 6.45) is 3.25. The molecular formula is C17H12ClF2N5O2. The van der Waals surface area contributed by atoms with Crippen molar-refractivity contribution in [2.75, 3.05) is 0 Å². The van der Waals surface area contributed by atoms with Gasteiger partial charge in [-0.2, -0.15) is 13.9 Å². The summed E-state index contributed by atoms with van der Waals surface area (Å²) in [6, 6.07) is 6.48. The number of rotatable bonds is 5. The van der Waals surface area contributed by atoms with E-state index in [2.05, 4.69) is 25.0 Å². The number of fused-ring (bicyclic) bond motifs is 1. The lowest BCUT2D eigenvalue weighted by Crippen LogP contribution is -2.03. The summed E-state index contributed by atoms with van der Waals surface area (Å²) in [6.45, 7) is -0.968. The lowest BCUT2D eigenvalue weighted by Gasteiger charge is -2.09. The van der Waals surface area contributed by atoms with E-state index >= 15 is 0 Å². The summed E-state index contributed by atoms with van der Waals surface area (Å²) in [7, 11) is 0. The Hall–Kier alpha value is -3.07. The summed E-state index contributed by atoms with van der Waals surface area (Å²) in [5, 5.41) is 12.1. The van der Waals surface area contributed by atoms with Crippen LogP contribution in [0, 0.1) is 6.92 Å². The van der Waals surface area contributed by atoms with Crippen molar-refractivity contribution in [1.82, 2.24) is 25.0 Å². The molecular weight excluding hydrogens is 380 g/mol. The van der Waals surface area contributed by atoms with Crippen LogP contribution in [0.25, 0.3) is 22.2 Å². The molecule has 138 valence electrons. The Morgan fingerprint density at radius 1 is 1.19 bits per heavy atom. The fourth-order valence-corrected chi connectivity index (χ4v) is 2.80. The number of pyridine rings is 1. The lowest BCUT2D eigenvalue weighted by atomic mass is 10.1. The van der Waals surface area contributed by atoms with Gasteiger partial charge in [0.1, 0.15) is 17.8 Å². The van der Waals surface area contributed by atoms with E-state index in [-0.39, 0.29) is 17.3 Å². The molecule has 0 aliphatic rings. The predicted octanol–water partition coefficient (Wildman–Crippen LogP) is 4.09. The molecule has 0 bridgehead atoms. The summed E-state index contributed by atoms with van der Waals surface area (Å²) >= 11 is 5.91. The van der Waals surface area contributed by atoms with Gasteiger partial charge >= 0.3 is 6.61 Å². The van der Waals surface area contributed by atoms with Gasteiger partial charge in [-0.25, -0.2) is 0 Å². The Morgan fingerprint density at radius 2 is 2.04 bits per heavy atom. The van der Waals surface area contributed by atoms with E-state index in [0.29, 0.717) is 28.4 Å². The van der Waals surface area contributed by atoms with Gasteiger partial charge in [-0.3, -0.25) is 9.67 Å². The first-order chi connectivity index (χ1) is 13.0. The first-order valence-corrected chi connectivity index (χ1v) is 8.22. The summed E-state index contributed by atoms with van der Waals surface area (Å²) < 4.78 is 36.6. The van der Waals surface area contributed by atoms with Gasteiger partial charge in [-0.05, 0) is 23.8 Å². The van der Waals surface area contributed by atoms with Crippen LogP contribution in [0.1, 0.15) is 11.8 Å². The minimum atomic E-state index is -2.96. The van der Waals surface area contributed by atoms with Crippen molar-refractivity contribution < 1.29 is 17.9 Å². The topological polar surface area (TPSA) is 78.9 Å². The molecule has 27 heavy (non-hydrogen) atoms. The molecule has 0 amide bonds. The zero-order chi connectivity index (χ0) is 19.0. The molecule has 1 aromatic carbocycles. The number of alkyl halides is 2. The Labute approximate surface area is 156 Å². The summed E-state index contributed by atoms with van der Waals surface area (Å²) in [5.41, 5.74) is 2.73. The average Bonchev–Trinajstić information content (AvgIpc) is 3.23. The number of ether oxygens (including phenoxy) is 1. The quantitative estimate of drug-likeness (QED) is 0.509. The Bertz CT molecular complexity index is 1110. The van der Waals surface area contributed by atoms with E-state index < -0.39 is 6.61 Å². The summed E-state index contributed by atoms with van der Waals surface area (Å²) in [5.74, 6) is 0.786. The van der Waals surface area contributed by atoms with Crippen molar-refractivity contribution in [2.45, 2.75) is 20.1 Å². The predicted molar refractivity (Wildman–Crippen MR) is 92.7 cm³/mol. The van der Waals surface area contributed by atoms with Gasteiger partial charge in [0.2, 0.25) is 11.8 Å². The molecule has 0 unspecified atom stereocenters. The highest BCUT2D eigenvalue weighted by atomic mass is 35.5. The number of halogens is 3. The number of nitrogens with zero attached hydrogens (tertiary/aromatic N) is 5. The highest BCUT2D eigenvalue weighted by Gasteiger charge is 2.13. The third kappa shape index (κ3) is 3.59. The van der Waals surface area contributed by atoms with Crippen molar-refractivity contribution in [1.29, 1.82) is 0 Å². The lowest BCUT2D eigenvalue weighted by molar-refractivity contribution is -0.0497. The average molecular weight is 392 g/mol. The zero-order valence-electron chi connectivity index (χ0n) is 13.9. The van der Waals surface area contributed by atoms with Crippen LogP contribution in [0.5, 0.6) is 5.75 Å². The van der Waals surface area contributed by atoms with E-state index in [1.165, 1.54) is 12.1 Å². The molecule has 0 radical (unpaired) electrons. The molecule has 0 atom stereocenters. The van der Waals surface area contributed by atoms with Crippen molar-refractivity contribution in [2.24, 2.45) is 0 Å². The van der Waals surface area contributed by atoms with E-state index in [0.717, 1.165) is 5.52 Å². The SMILES string of the molecule is Cc1nnc(Cn2ncc3ncc(-c4ccc(Cl)c(OC(F)F)c4)cc32)o1. The number of hydrogen-bond donors (Lipinski definition) is 0. The highest BCUT2D eigenvalue weighted by molar-refractivity contribution is 6.32. The number of aromatic nitrogens is 5. The normalized spacial score (nSPS) is 11.4. The van der Waals surface area contributed by atoms with Gasteiger partial charge in [-0.15, -0.1) is 10.2 Å². The number of benzene rings is 1. The van der Waals surface area contributed by atoms with E-state index in [4.69, 9.17) is 16.0 Å². The third-order valence-electron chi connectivity index (χ3n) is 3.83. The Kier molecular flexibility index (Phi) is 4.44.